The molecule has 96 valence electrons. The first-order chi connectivity index (χ1) is 9.33. The number of aromatic nitrogens is 3. The van der Waals surface area contributed by atoms with Gasteiger partial charge < -0.3 is 9.84 Å². The van der Waals surface area contributed by atoms with Gasteiger partial charge in [-0.15, -0.1) is 12.3 Å². The molecule has 0 fully saturated rings. The number of hydrogen-bond acceptors (Lipinski definition) is 5. The van der Waals surface area contributed by atoms with Crippen molar-refractivity contribution in [2.75, 3.05) is 6.61 Å². The molecule has 2 aromatic heterocycles. The van der Waals surface area contributed by atoms with Gasteiger partial charge in [0.15, 0.2) is 0 Å². The zero-order chi connectivity index (χ0) is 13.5. The van der Waals surface area contributed by atoms with Crippen molar-refractivity contribution in [3.63, 3.8) is 0 Å². The summed E-state index contributed by atoms with van der Waals surface area (Å²) in [7, 11) is 0. The second-order valence-corrected chi connectivity index (χ2v) is 3.73. The zero-order valence-electron chi connectivity index (χ0n) is 10.3. The van der Waals surface area contributed by atoms with Crippen LogP contribution < -0.4 is 4.74 Å². The Morgan fingerprint density at radius 2 is 2.05 bits per heavy atom. The highest BCUT2D eigenvalue weighted by Crippen LogP contribution is 2.16. The Morgan fingerprint density at radius 3 is 2.74 bits per heavy atom. The van der Waals surface area contributed by atoms with Crippen LogP contribution in [0.5, 0.6) is 6.01 Å². The van der Waals surface area contributed by atoms with Gasteiger partial charge in [0, 0.05) is 24.4 Å². The molecular formula is C14H13N3O2. The van der Waals surface area contributed by atoms with Gasteiger partial charge in [-0.1, -0.05) is 6.07 Å². The van der Waals surface area contributed by atoms with Crippen LogP contribution in [0.4, 0.5) is 0 Å². The fourth-order valence-electron chi connectivity index (χ4n) is 1.45. The van der Waals surface area contributed by atoms with E-state index in [1.165, 1.54) is 0 Å². The van der Waals surface area contributed by atoms with E-state index in [2.05, 4.69) is 20.9 Å². The molecule has 0 atom stereocenters. The van der Waals surface area contributed by atoms with Gasteiger partial charge >= 0.3 is 6.01 Å². The lowest BCUT2D eigenvalue weighted by molar-refractivity contribution is 0.277. The predicted octanol–water partition coefficient (Wildman–Crippen LogP) is 1.43. The fraction of sp³-hybridized carbons (Fsp3) is 0.214. The van der Waals surface area contributed by atoms with Crippen molar-refractivity contribution in [1.82, 2.24) is 15.0 Å². The Hall–Kier alpha value is -2.45. The Kier molecular flexibility index (Phi) is 4.43. The van der Waals surface area contributed by atoms with Crippen LogP contribution in [0.15, 0.2) is 30.6 Å². The summed E-state index contributed by atoms with van der Waals surface area (Å²) in [5.74, 6) is 2.47. The molecule has 2 heterocycles. The normalized spacial score (nSPS) is 9.89. The molecule has 0 radical (unpaired) electrons. The van der Waals surface area contributed by atoms with Gasteiger partial charge in [-0.25, -0.2) is 9.97 Å². The highest BCUT2D eigenvalue weighted by Gasteiger charge is 2.03. The third-order valence-corrected chi connectivity index (χ3v) is 2.37. The van der Waals surface area contributed by atoms with E-state index in [-0.39, 0.29) is 12.6 Å². The average molecular weight is 255 g/mol. The molecule has 0 aliphatic rings. The molecule has 0 unspecified atom stereocenters. The maximum Gasteiger partial charge on any atom is 0.316 e. The maximum absolute atomic E-state index is 9.04. The van der Waals surface area contributed by atoms with Crippen LogP contribution in [0, 0.1) is 12.3 Å². The molecule has 0 aliphatic carbocycles. The van der Waals surface area contributed by atoms with Gasteiger partial charge in [0.1, 0.15) is 6.61 Å². The number of rotatable bonds is 5. The second kappa shape index (κ2) is 6.47. The molecule has 5 nitrogen and oxygen atoms in total. The number of aliphatic hydroxyl groups is 1. The largest absolute Gasteiger partial charge is 0.462 e. The average Bonchev–Trinajstić information content (AvgIpc) is 2.48. The highest BCUT2D eigenvalue weighted by molar-refractivity contribution is 5.56. The number of terminal acetylenes is 1. The second-order valence-electron chi connectivity index (χ2n) is 3.73. The van der Waals surface area contributed by atoms with Crippen molar-refractivity contribution in [3.8, 4) is 29.6 Å². The lowest BCUT2D eigenvalue weighted by atomic mass is 10.2. The SMILES string of the molecule is C#CCCOc1ncc(-c2cccc(CO)n2)cn1. The zero-order valence-corrected chi connectivity index (χ0v) is 10.3. The summed E-state index contributed by atoms with van der Waals surface area (Å²) in [6.45, 7) is 0.302. The van der Waals surface area contributed by atoms with Gasteiger partial charge in [0.25, 0.3) is 0 Å². The maximum atomic E-state index is 9.04. The molecule has 0 spiro atoms. The van der Waals surface area contributed by atoms with Gasteiger partial charge in [-0.3, -0.25) is 4.98 Å². The van der Waals surface area contributed by atoms with Crippen LogP contribution in [-0.4, -0.2) is 26.7 Å². The summed E-state index contributed by atoms with van der Waals surface area (Å²) < 4.78 is 5.26. The molecule has 1 N–H and O–H groups in total. The standard InChI is InChI=1S/C14H13N3O2/c1-2-3-7-19-14-15-8-11(9-16-14)13-6-4-5-12(10-18)17-13/h1,4-6,8-9,18H,3,7,10H2. The predicted molar refractivity (Wildman–Crippen MR) is 70.1 cm³/mol. The molecule has 2 aromatic rings. The molecule has 19 heavy (non-hydrogen) atoms. The van der Waals surface area contributed by atoms with Gasteiger partial charge in [-0.2, -0.15) is 0 Å². The first kappa shape index (κ1) is 13.0. The summed E-state index contributed by atoms with van der Waals surface area (Å²) >= 11 is 0. The summed E-state index contributed by atoms with van der Waals surface area (Å²) in [4.78, 5) is 12.4. The minimum Gasteiger partial charge on any atom is -0.462 e. The van der Waals surface area contributed by atoms with Crippen LogP contribution >= 0.6 is 0 Å². The fourth-order valence-corrected chi connectivity index (χ4v) is 1.45. The third kappa shape index (κ3) is 3.50. The minimum absolute atomic E-state index is 0.0953. The van der Waals surface area contributed by atoms with Gasteiger partial charge in [-0.05, 0) is 12.1 Å². The molecule has 0 bridgehead atoms. The van der Waals surface area contributed by atoms with E-state index in [1.807, 2.05) is 12.1 Å². The van der Waals surface area contributed by atoms with E-state index in [0.717, 1.165) is 5.56 Å². The number of hydrogen-bond donors (Lipinski definition) is 1. The number of pyridine rings is 1. The van der Waals surface area contributed by atoms with E-state index in [0.29, 0.717) is 24.4 Å². The molecule has 0 amide bonds. The summed E-state index contributed by atoms with van der Waals surface area (Å²) in [6, 6.07) is 5.70. The Balaban J connectivity index is 2.11. The third-order valence-electron chi connectivity index (χ3n) is 2.37. The van der Waals surface area contributed by atoms with E-state index < -0.39 is 0 Å². The molecular weight excluding hydrogens is 242 g/mol. The van der Waals surface area contributed by atoms with Crippen molar-refractivity contribution in [2.45, 2.75) is 13.0 Å². The summed E-state index contributed by atoms with van der Waals surface area (Å²) in [6.07, 6.45) is 8.89. The van der Waals surface area contributed by atoms with Crippen LogP contribution in [0.2, 0.25) is 0 Å². The van der Waals surface area contributed by atoms with Crippen LogP contribution in [0.3, 0.4) is 0 Å². The van der Waals surface area contributed by atoms with Crippen LogP contribution in [-0.2, 0) is 6.61 Å². The van der Waals surface area contributed by atoms with E-state index >= 15 is 0 Å². The monoisotopic (exact) mass is 255 g/mol. The van der Waals surface area contributed by atoms with Gasteiger partial charge in [0.05, 0.1) is 18.0 Å². The molecule has 2 rings (SSSR count). The van der Waals surface area contributed by atoms with Gasteiger partial charge in [0.2, 0.25) is 0 Å². The number of ether oxygens (including phenoxy) is 1. The van der Waals surface area contributed by atoms with Crippen molar-refractivity contribution >= 4 is 0 Å². The van der Waals surface area contributed by atoms with E-state index in [4.69, 9.17) is 16.3 Å². The molecule has 5 heteroatoms. The first-order valence-corrected chi connectivity index (χ1v) is 5.79. The first-order valence-electron chi connectivity index (χ1n) is 5.79. The summed E-state index contributed by atoms with van der Waals surface area (Å²) in [5, 5.41) is 9.04. The van der Waals surface area contributed by atoms with E-state index in [9.17, 15) is 0 Å². The van der Waals surface area contributed by atoms with Crippen LogP contribution in [0.1, 0.15) is 12.1 Å². The molecule has 0 aromatic carbocycles. The number of nitrogens with zero attached hydrogens (tertiary/aromatic N) is 3. The van der Waals surface area contributed by atoms with Crippen LogP contribution in [0.25, 0.3) is 11.3 Å². The van der Waals surface area contributed by atoms with Crippen molar-refractivity contribution < 1.29 is 9.84 Å². The summed E-state index contributed by atoms with van der Waals surface area (Å²) in [5.41, 5.74) is 2.08. The minimum atomic E-state index is -0.0953. The molecule has 0 saturated heterocycles. The Bertz CT molecular complexity index is 576. The quantitative estimate of drug-likeness (QED) is 0.646. The molecule has 0 saturated carbocycles. The lowest BCUT2D eigenvalue weighted by Gasteiger charge is -2.04. The molecule has 0 aliphatic heterocycles. The van der Waals surface area contributed by atoms with Crippen molar-refractivity contribution in [1.29, 1.82) is 0 Å². The smallest absolute Gasteiger partial charge is 0.316 e. The van der Waals surface area contributed by atoms with Crippen molar-refractivity contribution in [3.05, 3.63) is 36.3 Å². The van der Waals surface area contributed by atoms with Crippen molar-refractivity contribution in [2.24, 2.45) is 0 Å². The highest BCUT2D eigenvalue weighted by atomic mass is 16.5. The lowest BCUT2D eigenvalue weighted by Crippen LogP contribution is -2.00. The van der Waals surface area contributed by atoms with E-state index in [1.54, 1.807) is 18.5 Å². The Morgan fingerprint density at radius 1 is 1.26 bits per heavy atom. The Labute approximate surface area is 111 Å². The number of aliphatic hydroxyl groups excluding tert-OH is 1. The topological polar surface area (TPSA) is 68.1 Å².